The first-order valence-electron chi connectivity index (χ1n) is 7.45. The highest BCUT2D eigenvalue weighted by molar-refractivity contribution is 7.99. The van der Waals surface area contributed by atoms with Gasteiger partial charge in [0.1, 0.15) is 17.2 Å². The van der Waals surface area contributed by atoms with Crippen LogP contribution in [0.1, 0.15) is 23.9 Å². The van der Waals surface area contributed by atoms with Crippen molar-refractivity contribution >= 4 is 22.9 Å². The average Bonchev–Trinajstić information content (AvgIpc) is 3.16. The molecule has 3 aromatic rings. The van der Waals surface area contributed by atoms with Gasteiger partial charge < -0.3 is 4.57 Å². The highest BCUT2D eigenvalue weighted by atomic mass is 32.2. The fourth-order valence-electron chi connectivity index (χ4n) is 3.00. The summed E-state index contributed by atoms with van der Waals surface area (Å²) in [5.41, 5.74) is 2.98. The molecule has 1 saturated heterocycles. The summed E-state index contributed by atoms with van der Waals surface area (Å²) in [5, 5.41) is 0. The molecule has 1 fully saturated rings. The van der Waals surface area contributed by atoms with Crippen LogP contribution in [0.15, 0.2) is 42.6 Å². The molecule has 112 valence electrons. The Morgan fingerprint density at radius 1 is 1.23 bits per heavy atom. The average molecular weight is 313 g/mol. The van der Waals surface area contributed by atoms with E-state index in [2.05, 4.69) is 9.55 Å². The molecule has 3 heterocycles. The third kappa shape index (κ3) is 2.50. The molecule has 0 N–H and O–H groups in total. The first-order chi connectivity index (χ1) is 10.8. The van der Waals surface area contributed by atoms with Crippen molar-refractivity contribution in [2.75, 3.05) is 11.5 Å². The van der Waals surface area contributed by atoms with Gasteiger partial charge in [-0.15, -0.1) is 0 Å². The molecule has 0 bridgehead atoms. The summed E-state index contributed by atoms with van der Waals surface area (Å²) >= 11 is 1.98. The molecule has 2 aromatic heterocycles. The van der Waals surface area contributed by atoms with Crippen molar-refractivity contribution < 1.29 is 4.39 Å². The van der Waals surface area contributed by atoms with Gasteiger partial charge in [0.25, 0.3) is 0 Å². The van der Waals surface area contributed by atoms with Crippen LogP contribution in [0, 0.1) is 5.82 Å². The molecule has 0 aliphatic carbocycles. The number of hydrogen-bond acceptors (Lipinski definition) is 3. The van der Waals surface area contributed by atoms with E-state index in [-0.39, 0.29) is 5.82 Å². The second-order valence-corrected chi connectivity index (χ2v) is 6.71. The maximum absolute atomic E-state index is 13.1. The fraction of sp³-hybridized carbons (Fsp3) is 0.294. The lowest BCUT2D eigenvalue weighted by molar-refractivity contribution is 0.550. The summed E-state index contributed by atoms with van der Waals surface area (Å²) in [6.45, 7) is 0. The molecule has 5 heteroatoms. The Bertz CT molecular complexity index is 791. The van der Waals surface area contributed by atoms with E-state index in [0.29, 0.717) is 12.5 Å². The number of pyridine rings is 1. The maximum Gasteiger partial charge on any atom is 0.160 e. The van der Waals surface area contributed by atoms with Gasteiger partial charge in [-0.25, -0.2) is 14.4 Å². The van der Waals surface area contributed by atoms with Crippen molar-refractivity contribution in [3.05, 3.63) is 59.8 Å². The van der Waals surface area contributed by atoms with Crippen LogP contribution in [0.5, 0.6) is 0 Å². The molecular formula is C17H16FN3S. The third-order valence-corrected chi connectivity index (χ3v) is 5.21. The highest BCUT2D eigenvalue weighted by Crippen LogP contribution is 2.32. The summed E-state index contributed by atoms with van der Waals surface area (Å²) in [6.07, 6.45) is 3.69. The van der Waals surface area contributed by atoms with Gasteiger partial charge in [-0.05, 0) is 42.0 Å². The van der Waals surface area contributed by atoms with Gasteiger partial charge in [0.2, 0.25) is 0 Å². The van der Waals surface area contributed by atoms with E-state index < -0.39 is 0 Å². The van der Waals surface area contributed by atoms with Crippen molar-refractivity contribution in [3.8, 4) is 0 Å². The van der Waals surface area contributed by atoms with E-state index in [9.17, 15) is 4.39 Å². The normalized spacial score (nSPS) is 18.1. The number of fused-ring (bicyclic) bond motifs is 1. The van der Waals surface area contributed by atoms with Crippen molar-refractivity contribution in [1.82, 2.24) is 14.5 Å². The van der Waals surface area contributed by atoms with E-state index in [1.165, 1.54) is 17.9 Å². The number of halogens is 1. The van der Waals surface area contributed by atoms with Crippen LogP contribution < -0.4 is 0 Å². The molecule has 1 unspecified atom stereocenters. The van der Waals surface area contributed by atoms with Gasteiger partial charge in [0, 0.05) is 24.4 Å². The van der Waals surface area contributed by atoms with Crippen molar-refractivity contribution in [2.45, 2.75) is 18.9 Å². The minimum absolute atomic E-state index is 0.203. The predicted molar refractivity (Wildman–Crippen MR) is 87.7 cm³/mol. The van der Waals surface area contributed by atoms with Crippen LogP contribution in [-0.4, -0.2) is 26.0 Å². The summed E-state index contributed by atoms with van der Waals surface area (Å²) in [5.74, 6) is 3.12. The lowest BCUT2D eigenvalue weighted by atomic mass is 10.1. The van der Waals surface area contributed by atoms with Crippen LogP contribution in [0.2, 0.25) is 0 Å². The van der Waals surface area contributed by atoms with Crippen LogP contribution in [-0.2, 0) is 6.42 Å². The van der Waals surface area contributed by atoms with E-state index >= 15 is 0 Å². The molecule has 3 nitrogen and oxygen atoms in total. The van der Waals surface area contributed by atoms with Crippen molar-refractivity contribution in [2.24, 2.45) is 0 Å². The van der Waals surface area contributed by atoms with Gasteiger partial charge in [-0.3, -0.25) is 0 Å². The number of benzene rings is 1. The number of hydrogen-bond donors (Lipinski definition) is 0. The number of rotatable bonds is 3. The molecule has 0 amide bonds. The van der Waals surface area contributed by atoms with Gasteiger partial charge in [-0.2, -0.15) is 11.8 Å². The van der Waals surface area contributed by atoms with E-state index in [4.69, 9.17) is 4.98 Å². The Balaban J connectivity index is 1.78. The predicted octanol–water partition coefficient (Wildman–Crippen LogP) is 3.84. The summed E-state index contributed by atoms with van der Waals surface area (Å²) in [7, 11) is 0. The highest BCUT2D eigenvalue weighted by Gasteiger charge is 2.23. The molecule has 1 atom stereocenters. The van der Waals surface area contributed by atoms with Crippen LogP contribution in [0.25, 0.3) is 11.2 Å². The number of nitrogens with zero attached hydrogens (tertiary/aromatic N) is 3. The van der Waals surface area contributed by atoms with Crippen LogP contribution in [0.4, 0.5) is 4.39 Å². The first kappa shape index (κ1) is 13.8. The van der Waals surface area contributed by atoms with E-state index in [1.54, 1.807) is 0 Å². The smallest absolute Gasteiger partial charge is 0.160 e. The Morgan fingerprint density at radius 2 is 2.09 bits per heavy atom. The molecule has 0 radical (unpaired) electrons. The van der Waals surface area contributed by atoms with Gasteiger partial charge in [0.15, 0.2) is 5.65 Å². The minimum atomic E-state index is -0.203. The number of thioether (sulfide) groups is 1. The molecule has 0 spiro atoms. The summed E-state index contributed by atoms with van der Waals surface area (Å²) in [6, 6.07) is 11.1. The molecule has 22 heavy (non-hydrogen) atoms. The lowest BCUT2D eigenvalue weighted by Crippen LogP contribution is -2.12. The zero-order valence-electron chi connectivity index (χ0n) is 12.1. The molecule has 4 rings (SSSR count). The molecule has 1 aliphatic rings. The first-order valence-corrected chi connectivity index (χ1v) is 8.61. The molecular weight excluding hydrogens is 297 g/mol. The fourth-order valence-corrected chi connectivity index (χ4v) is 4.19. The van der Waals surface area contributed by atoms with Gasteiger partial charge in [-0.1, -0.05) is 12.1 Å². The summed E-state index contributed by atoms with van der Waals surface area (Å²) in [4.78, 5) is 9.31. The molecule has 1 aromatic carbocycles. The van der Waals surface area contributed by atoms with Crippen LogP contribution >= 0.6 is 11.8 Å². The van der Waals surface area contributed by atoms with Crippen molar-refractivity contribution in [1.29, 1.82) is 0 Å². The SMILES string of the molecule is Fc1ccc(Cc2nc3cccnc3n2C2CCSC2)cc1. The largest absolute Gasteiger partial charge is 0.308 e. The second-order valence-electron chi connectivity index (χ2n) is 5.56. The number of imidazole rings is 1. The number of aromatic nitrogens is 3. The van der Waals surface area contributed by atoms with Gasteiger partial charge >= 0.3 is 0 Å². The monoisotopic (exact) mass is 313 g/mol. The standard InChI is InChI=1S/C17H16FN3S/c18-13-5-3-12(4-6-13)10-16-20-15-2-1-8-19-17(15)21(16)14-7-9-22-11-14/h1-6,8,14H,7,9-11H2. The second kappa shape index (κ2) is 5.72. The Labute approximate surface area is 132 Å². The van der Waals surface area contributed by atoms with E-state index in [1.807, 2.05) is 42.2 Å². The van der Waals surface area contributed by atoms with Crippen molar-refractivity contribution in [3.63, 3.8) is 0 Å². The Morgan fingerprint density at radius 3 is 2.86 bits per heavy atom. The van der Waals surface area contributed by atoms with Crippen LogP contribution in [0.3, 0.4) is 0 Å². The quantitative estimate of drug-likeness (QED) is 0.736. The summed E-state index contributed by atoms with van der Waals surface area (Å²) < 4.78 is 15.4. The molecule has 0 saturated carbocycles. The molecule has 1 aliphatic heterocycles. The minimum Gasteiger partial charge on any atom is -0.308 e. The lowest BCUT2D eigenvalue weighted by Gasteiger charge is -2.15. The topological polar surface area (TPSA) is 30.7 Å². The maximum atomic E-state index is 13.1. The Kier molecular flexibility index (Phi) is 3.58. The van der Waals surface area contributed by atoms with Gasteiger partial charge in [0.05, 0.1) is 0 Å². The Hall–Kier alpha value is -1.88. The zero-order valence-corrected chi connectivity index (χ0v) is 12.9. The third-order valence-electron chi connectivity index (χ3n) is 4.07. The van der Waals surface area contributed by atoms with E-state index in [0.717, 1.165) is 34.7 Å². The zero-order chi connectivity index (χ0) is 14.9.